The first-order valence-corrected chi connectivity index (χ1v) is 6.43. The number of nitrogens with zero attached hydrogens (tertiary/aromatic N) is 3. The van der Waals surface area contributed by atoms with Crippen LogP contribution >= 0.6 is 0 Å². The first-order chi connectivity index (χ1) is 8.72. The van der Waals surface area contributed by atoms with Gasteiger partial charge in [-0.05, 0) is 31.9 Å². The minimum Gasteiger partial charge on any atom is -0.409 e. The predicted octanol–water partition coefficient (Wildman–Crippen LogP) is 1.95. The van der Waals surface area contributed by atoms with Gasteiger partial charge in [0.15, 0.2) is 5.84 Å². The quantitative estimate of drug-likeness (QED) is 0.363. The van der Waals surface area contributed by atoms with Gasteiger partial charge < -0.3 is 15.8 Å². The topological polar surface area (TPSA) is 74.7 Å². The third-order valence-corrected chi connectivity index (χ3v) is 3.50. The zero-order chi connectivity index (χ0) is 13.0. The molecule has 1 aliphatic heterocycles. The normalized spacial score (nSPS) is 21.7. The molecule has 0 aliphatic carbocycles. The molecule has 3 N–H and O–H groups in total. The molecule has 2 heterocycles. The fraction of sp³-hybridized carbons (Fsp3) is 0.538. The van der Waals surface area contributed by atoms with Crippen molar-refractivity contribution >= 4 is 11.5 Å². The highest BCUT2D eigenvalue weighted by molar-refractivity contribution is 5.95. The number of rotatable bonds is 2. The Bertz CT molecular complexity index is 433. The summed E-state index contributed by atoms with van der Waals surface area (Å²) in [6.07, 6.45) is 6.71. The molecule has 0 saturated carbocycles. The Morgan fingerprint density at radius 2 is 2.33 bits per heavy atom. The van der Waals surface area contributed by atoms with Crippen molar-refractivity contribution in [1.82, 2.24) is 4.98 Å². The summed E-state index contributed by atoms with van der Waals surface area (Å²) < 4.78 is 0. The summed E-state index contributed by atoms with van der Waals surface area (Å²) in [4.78, 5) is 6.49. The average Bonchev–Trinajstić information content (AvgIpc) is 2.62. The maximum atomic E-state index is 8.70. The number of hydrogen-bond donors (Lipinski definition) is 2. The highest BCUT2D eigenvalue weighted by atomic mass is 16.4. The van der Waals surface area contributed by atoms with E-state index in [1.165, 1.54) is 25.7 Å². The van der Waals surface area contributed by atoms with Crippen LogP contribution in [0.2, 0.25) is 0 Å². The van der Waals surface area contributed by atoms with Crippen LogP contribution in [-0.2, 0) is 0 Å². The van der Waals surface area contributed by atoms with Crippen molar-refractivity contribution in [3.63, 3.8) is 0 Å². The molecular weight excluding hydrogens is 228 g/mol. The molecule has 0 amide bonds. The fourth-order valence-corrected chi connectivity index (χ4v) is 2.45. The molecule has 1 aliphatic rings. The van der Waals surface area contributed by atoms with E-state index in [0.717, 1.165) is 12.2 Å². The van der Waals surface area contributed by atoms with Crippen molar-refractivity contribution in [2.24, 2.45) is 10.9 Å². The second-order valence-electron chi connectivity index (χ2n) is 4.78. The highest BCUT2D eigenvalue weighted by Gasteiger charge is 2.18. The third kappa shape index (κ3) is 2.72. The standard InChI is InChI=1S/C13H20N4O/c1-10-5-3-2-4-8-17(10)11-6-7-15-12(9-11)13(14)16-18/h6-7,9-10,18H,2-5,8H2,1H3,(H2,14,16). The third-order valence-electron chi connectivity index (χ3n) is 3.50. The molecule has 98 valence electrons. The smallest absolute Gasteiger partial charge is 0.188 e. The monoisotopic (exact) mass is 248 g/mol. The van der Waals surface area contributed by atoms with Gasteiger partial charge in [0.25, 0.3) is 0 Å². The maximum absolute atomic E-state index is 8.70. The minimum absolute atomic E-state index is 0.0549. The van der Waals surface area contributed by atoms with E-state index in [2.05, 4.69) is 22.0 Å². The van der Waals surface area contributed by atoms with Crippen LogP contribution in [-0.4, -0.2) is 28.6 Å². The van der Waals surface area contributed by atoms with Gasteiger partial charge in [-0.1, -0.05) is 18.0 Å². The first-order valence-electron chi connectivity index (χ1n) is 6.43. The molecule has 0 aromatic carbocycles. The highest BCUT2D eigenvalue weighted by Crippen LogP contribution is 2.24. The number of aromatic nitrogens is 1. The van der Waals surface area contributed by atoms with Gasteiger partial charge in [-0.3, -0.25) is 4.98 Å². The Hall–Kier alpha value is -1.78. The van der Waals surface area contributed by atoms with Crippen LogP contribution in [0.1, 0.15) is 38.3 Å². The van der Waals surface area contributed by atoms with E-state index in [9.17, 15) is 0 Å². The summed E-state index contributed by atoms with van der Waals surface area (Å²) in [7, 11) is 0. The van der Waals surface area contributed by atoms with Gasteiger partial charge in [-0.15, -0.1) is 0 Å². The van der Waals surface area contributed by atoms with Crippen LogP contribution in [0.3, 0.4) is 0 Å². The van der Waals surface area contributed by atoms with Crippen LogP contribution in [0, 0.1) is 0 Å². The van der Waals surface area contributed by atoms with E-state index in [1.54, 1.807) is 6.20 Å². The van der Waals surface area contributed by atoms with E-state index in [0.29, 0.717) is 11.7 Å². The van der Waals surface area contributed by atoms with Crippen molar-refractivity contribution in [2.45, 2.75) is 38.6 Å². The van der Waals surface area contributed by atoms with E-state index in [-0.39, 0.29) is 5.84 Å². The van der Waals surface area contributed by atoms with E-state index in [1.807, 2.05) is 12.1 Å². The molecule has 0 radical (unpaired) electrons. The molecule has 0 spiro atoms. The fourth-order valence-electron chi connectivity index (χ4n) is 2.45. The van der Waals surface area contributed by atoms with Crippen molar-refractivity contribution in [3.05, 3.63) is 24.0 Å². The Kier molecular flexibility index (Phi) is 4.02. The minimum atomic E-state index is 0.0549. The lowest BCUT2D eigenvalue weighted by molar-refractivity contribution is 0.318. The molecule has 0 bridgehead atoms. The number of hydrogen-bond acceptors (Lipinski definition) is 4. The van der Waals surface area contributed by atoms with Crippen molar-refractivity contribution in [3.8, 4) is 0 Å². The lowest BCUT2D eigenvalue weighted by atomic mass is 10.1. The number of nitrogens with two attached hydrogens (primary N) is 1. The van der Waals surface area contributed by atoms with Gasteiger partial charge in [0.1, 0.15) is 5.69 Å². The van der Waals surface area contributed by atoms with Gasteiger partial charge in [0, 0.05) is 24.5 Å². The van der Waals surface area contributed by atoms with Crippen LogP contribution in [0.5, 0.6) is 0 Å². The lowest BCUT2D eigenvalue weighted by Crippen LogP contribution is -2.32. The second kappa shape index (κ2) is 5.71. The molecule has 18 heavy (non-hydrogen) atoms. The summed E-state index contributed by atoms with van der Waals surface area (Å²) >= 11 is 0. The average molecular weight is 248 g/mol. The molecule has 1 aromatic heterocycles. The zero-order valence-corrected chi connectivity index (χ0v) is 10.7. The largest absolute Gasteiger partial charge is 0.409 e. The number of pyridine rings is 1. The van der Waals surface area contributed by atoms with Crippen LogP contribution in [0.15, 0.2) is 23.5 Å². The Morgan fingerprint density at radius 1 is 1.50 bits per heavy atom. The van der Waals surface area contributed by atoms with Gasteiger partial charge in [0.05, 0.1) is 0 Å². The summed E-state index contributed by atoms with van der Waals surface area (Å²) in [6, 6.07) is 4.39. The molecule has 1 fully saturated rings. The summed E-state index contributed by atoms with van der Waals surface area (Å²) in [5, 5.41) is 11.7. The SMILES string of the molecule is CC1CCCCCN1c1ccnc(C(N)=NO)c1. The Morgan fingerprint density at radius 3 is 3.11 bits per heavy atom. The van der Waals surface area contributed by atoms with Crippen molar-refractivity contribution in [1.29, 1.82) is 0 Å². The van der Waals surface area contributed by atoms with Crippen LogP contribution in [0.25, 0.3) is 0 Å². The van der Waals surface area contributed by atoms with E-state index >= 15 is 0 Å². The van der Waals surface area contributed by atoms with Crippen LogP contribution in [0.4, 0.5) is 5.69 Å². The van der Waals surface area contributed by atoms with Gasteiger partial charge in [0.2, 0.25) is 0 Å². The van der Waals surface area contributed by atoms with E-state index < -0.39 is 0 Å². The van der Waals surface area contributed by atoms with Crippen molar-refractivity contribution in [2.75, 3.05) is 11.4 Å². The Balaban J connectivity index is 2.26. The summed E-state index contributed by atoms with van der Waals surface area (Å²) in [6.45, 7) is 3.30. The summed E-state index contributed by atoms with van der Waals surface area (Å²) in [5.74, 6) is 0.0549. The zero-order valence-electron chi connectivity index (χ0n) is 10.7. The number of anilines is 1. The predicted molar refractivity (Wildman–Crippen MR) is 72.0 cm³/mol. The molecule has 5 heteroatoms. The number of amidine groups is 1. The maximum Gasteiger partial charge on any atom is 0.188 e. The van der Waals surface area contributed by atoms with E-state index in [4.69, 9.17) is 10.9 Å². The Labute approximate surface area is 107 Å². The number of oxime groups is 1. The second-order valence-corrected chi connectivity index (χ2v) is 4.78. The van der Waals surface area contributed by atoms with Gasteiger partial charge in [-0.25, -0.2) is 0 Å². The molecule has 1 atom stereocenters. The van der Waals surface area contributed by atoms with Crippen molar-refractivity contribution < 1.29 is 5.21 Å². The molecule has 1 aromatic rings. The first kappa shape index (κ1) is 12.7. The van der Waals surface area contributed by atoms with Gasteiger partial charge in [-0.2, -0.15) is 0 Å². The summed E-state index contributed by atoms with van der Waals surface area (Å²) in [5.41, 5.74) is 7.20. The van der Waals surface area contributed by atoms with Crippen LogP contribution < -0.4 is 10.6 Å². The molecular formula is C13H20N4O. The molecule has 2 rings (SSSR count). The lowest BCUT2D eigenvalue weighted by Gasteiger charge is -2.29. The molecule has 1 unspecified atom stereocenters. The van der Waals surface area contributed by atoms with Gasteiger partial charge >= 0.3 is 0 Å². The molecule has 5 nitrogen and oxygen atoms in total. The molecule has 1 saturated heterocycles.